The molecule has 0 aromatic heterocycles. The Morgan fingerprint density at radius 3 is 1.36 bits per heavy atom. The minimum Gasteiger partial charge on any atom is -0.182 e. The largest absolute Gasteiger partial charge is 0.182 e. The van der Waals surface area contributed by atoms with Gasteiger partial charge in [-0.3, -0.25) is 0 Å². The normalized spacial score (nSPS) is 32.0. The van der Waals surface area contributed by atoms with Crippen molar-refractivity contribution in [3.63, 3.8) is 0 Å². The van der Waals surface area contributed by atoms with Gasteiger partial charge < -0.3 is 0 Å². The van der Waals surface area contributed by atoms with E-state index in [0.717, 1.165) is 12.8 Å². The summed E-state index contributed by atoms with van der Waals surface area (Å²) in [6, 6.07) is 0. The van der Waals surface area contributed by atoms with E-state index >= 15 is 0 Å². The first-order valence-electron chi connectivity index (χ1n) is 8.46. The Balaban J connectivity index is 2.31. The first-order chi connectivity index (χ1) is 10.3. The second-order valence-electron chi connectivity index (χ2n) is 7.46. The molecule has 0 fully saturated rings. The van der Waals surface area contributed by atoms with Gasteiger partial charge in [-0.1, -0.05) is 75.3 Å². The zero-order valence-electron chi connectivity index (χ0n) is 14.9. The first-order valence-corrected chi connectivity index (χ1v) is 8.46. The quantitative estimate of drug-likeness (QED) is 0.565. The predicted molar refractivity (Wildman–Crippen MR) is 95.0 cm³/mol. The minimum atomic E-state index is -0.189. The van der Waals surface area contributed by atoms with Crippen LogP contribution in [0.4, 0.5) is 0 Å². The molecule has 0 saturated carbocycles. The van der Waals surface area contributed by atoms with Crippen molar-refractivity contribution in [1.29, 1.82) is 0 Å². The molecule has 0 aliphatic heterocycles. The fourth-order valence-corrected chi connectivity index (χ4v) is 2.89. The van der Waals surface area contributed by atoms with Gasteiger partial charge in [-0.25, -0.2) is 0 Å². The third-order valence-corrected chi connectivity index (χ3v) is 5.19. The zero-order chi connectivity index (χ0) is 16.4. The smallest absolute Gasteiger partial charge is 0.106 e. The highest BCUT2D eigenvalue weighted by Gasteiger charge is 2.36. The lowest BCUT2D eigenvalue weighted by molar-refractivity contribution is 0.315. The molecule has 0 saturated heterocycles. The Morgan fingerprint density at radius 2 is 1.14 bits per heavy atom. The topological polar surface area (TPSA) is 24.7 Å². The SMILES string of the molecule is CC1=CCC(N=NC2(C(C)C)C=CC(C)=CC2)(C(C)C)C=C1. The van der Waals surface area contributed by atoms with Gasteiger partial charge in [0.2, 0.25) is 0 Å². The highest BCUT2D eigenvalue weighted by Crippen LogP contribution is 2.37. The van der Waals surface area contributed by atoms with Gasteiger partial charge >= 0.3 is 0 Å². The maximum absolute atomic E-state index is 4.90. The van der Waals surface area contributed by atoms with Gasteiger partial charge in [-0.05, 0) is 38.5 Å². The number of hydrogen-bond acceptors (Lipinski definition) is 2. The molecular weight excluding hydrogens is 268 g/mol. The molecule has 0 amide bonds. The van der Waals surface area contributed by atoms with Gasteiger partial charge in [0.1, 0.15) is 11.1 Å². The van der Waals surface area contributed by atoms with E-state index < -0.39 is 0 Å². The average molecular weight is 298 g/mol. The third-order valence-electron chi connectivity index (χ3n) is 5.19. The fourth-order valence-electron chi connectivity index (χ4n) is 2.89. The van der Waals surface area contributed by atoms with Crippen molar-refractivity contribution >= 4 is 0 Å². The lowest BCUT2D eigenvalue weighted by Gasteiger charge is -2.35. The fraction of sp³-hybridized carbons (Fsp3) is 0.600. The Hall–Kier alpha value is -1.44. The number of nitrogens with zero attached hydrogens (tertiary/aromatic N) is 2. The van der Waals surface area contributed by atoms with Crippen LogP contribution in [0.15, 0.2) is 57.8 Å². The Kier molecular flexibility index (Phi) is 4.89. The van der Waals surface area contributed by atoms with E-state index in [2.05, 4.69) is 78.0 Å². The Morgan fingerprint density at radius 1 is 0.773 bits per heavy atom. The molecule has 22 heavy (non-hydrogen) atoms. The molecule has 2 nitrogen and oxygen atoms in total. The van der Waals surface area contributed by atoms with E-state index in [9.17, 15) is 0 Å². The van der Waals surface area contributed by atoms with Crippen molar-refractivity contribution in [2.45, 2.75) is 65.5 Å². The molecule has 2 unspecified atom stereocenters. The molecule has 120 valence electrons. The van der Waals surface area contributed by atoms with Crippen LogP contribution in [0.5, 0.6) is 0 Å². The van der Waals surface area contributed by atoms with Crippen LogP contribution in [0.3, 0.4) is 0 Å². The maximum atomic E-state index is 4.90. The number of azo groups is 1. The molecule has 0 N–H and O–H groups in total. The molecule has 0 radical (unpaired) electrons. The van der Waals surface area contributed by atoms with Crippen LogP contribution >= 0.6 is 0 Å². The molecule has 0 aromatic carbocycles. The maximum Gasteiger partial charge on any atom is 0.106 e. The predicted octanol–water partition coefficient (Wildman–Crippen LogP) is 6.04. The molecule has 0 aromatic rings. The van der Waals surface area contributed by atoms with E-state index in [1.54, 1.807) is 0 Å². The molecule has 2 heteroatoms. The summed E-state index contributed by atoms with van der Waals surface area (Å²) in [5.41, 5.74) is 2.26. The summed E-state index contributed by atoms with van der Waals surface area (Å²) < 4.78 is 0. The third kappa shape index (κ3) is 3.31. The highest BCUT2D eigenvalue weighted by atomic mass is 15.2. The van der Waals surface area contributed by atoms with E-state index in [1.165, 1.54) is 11.1 Å². The van der Waals surface area contributed by atoms with E-state index in [1.807, 2.05) is 0 Å². The summed E-state index contributed by atoms with van der Waals surface area (Å²) in [7, 11) is 0. The number of rotatable bonds is 4. The lowest BCUT2D eigenvalue weighted by Crippen LogP contribution is -2.35. The van der Waals surface area contributed by atoms with Crippen LogP contribution in [0.1, 0.15) is 54.4 Å². The van der Waals surface area contributed by atoms with Crippen molar-refractivity contribution in [1.82, 2.24) is 0 Å². The second-order valence-corrected chi connectivity index (χ2v) is 7.46. The number of allylic oxidation sites excluding steroid dienone is 4. The van der Waals surface area contributed by atoms with E-state index in [4.69, 9.17) is 10.2 Å². The summed E-state index contributed by atoms with van der Waals surface area (Å²) in [6.45, 7) is 13.2. The first kappa shape index (κ1) is 16.9. The van der Waals surface area contributed by atoms with Crippen molar-refractivity contribution in [2.75, 3.05) is 0 Å². The zero-order valence-corrected chi connectivity index (χ0v) is 14.9. The van der Waals surface area contributed by atoms with Crippen molar-refractivity contribution < 1.29 is 0 Å². The van der Waals surface area contributed by atoms with Gasteiger partial charge in [0.05, 0.1) is 0 Å². The molecule has 0 heterocycles. The Bertz CT molecular complexity index is 510. The summed E-state index contributed by atoms with van der Waals surface area (Å²) >= 11 is 0. The summed E-state index contributed by atoms with van der Waals surface area (Å²) in [6.07, 6.45) is 15.3. The van der Waals surface area contributed by atoms with Crippen LogP contribution in [-0.2, 0) is 0 Å². The minimum absolute atomic E-state index is 0.189. The van der Waals surface area contributed by atoms with Crippen molar-refractivity contribution in [3.8, 4) is 0 Å². The lowest BCUT2D eigenvalue weighted by atomic mass is 9.79. The molecule has 2 atom stereocenters. The van der Waals surface area contributed by atoms with Crippen molar-refractivity contribution in [2.24, 2.45) is 22.1 Å². The van der Waals surface area contributed by atoms with Crippen LogP contribution in [0.25, 0.3) is 0 Å². The molecule has 2 rings (SSSR count). The Labute approximate surface area is 135 Å². The van der Waals surface area contributed by atoms with Gasteiger partial charge in [0, 0.05) is 0 Å². The van der Waals surface area contributed by atoms with Crippen LogP contribution in [0.2, 0.25) is 0 Å². The molecule has 0 bridgehead atoms. The van der Waals surface area contributed by atoms with Gasteiger partial charge in [-0.2, -0.15) is 10.2 Å². The van der Waals surface area contributed by atoms with Crippen molar-refractivity contribution in [3.05, 3.63) is 47.6 Å². The van der Waals surface area contributed by atoms with Crippen LogP contribution < -0.4 is 0 Å². The molecule has 2 aliphatic carbocycles. The average Bonchev–Trinajstić information content (AvgIpc) is 2.48. The van der Waals surface area contributed by atoms with Crippen LogP contribution in [0, 0.1) is 11.8 Å². The second kappa shape index (κ2) is 6.36. The molecule has 0 spiro atoms. The monoisotopic (exact) mass is 298 g/mol. The summed E-state index contributed by atoms with van der Waals surface area (Å²) in [5, 5.41) is 9.81. The summed E-state index contributed by atoms with van der Waals surface area (Å²) in [4.78, 5) is 0. The number of hydrogen-bond donors (Lipinski definition) is 0. The van der Waals surface area contributed by atoms with E-state index in [-0.39, 0.29) is 11.1 Å². The molecular formula is C20H30N2. The highest BCUT2D eigenvalue weighted by molar-refractivity contribution is 5.30. The van der Waals surface area contributed by atoms with Gasteiger partial charge in [0.15, 0.2) is 0 Å². The van der Waals surface area contributed by atoms with Gasteiger partial charge in [0.25, 0.3) is 0 Å². The summed E-state index contributed by atoms with van der Waals surface area (Å²) in [5.74, 6) is 0.872. The van der Waals surface area contributed by atoms with E-state index in [0.29, 0.717) is 11.8 Å². The van der Waals surface area contributed by atoms with Crippen LogP contribution in [-0.4, -0.2) is 11.1 Å². The van der Waals surface area contributed by atoms with Gasteiger partial charge in [-0.15, -0.1) is 0 Å². The molecule has 2 aliphatic rings. The standard InChI is InChI=1S/C20H30N2/c1-15(2)19(11-7-17(5)8-12-19)21-22-20(16(3)4)13-9-18(6)10-14-20/h7-11,13,15-16H,12,14H2,1-6H3.